The number of anilines is 1. The molecule has 0 fully saturated rings. The molecule has 1 N–H and O–H groups in total. The van der Waals surface area contributed by atoms with Crippen molar-refractivity contribution in [3.05, 3.63) is 79.9 Å². The molecule has 2 aromatic carbocycles. The molecule has 0 aliphatic carbocycles. The van der Waals surface area contributed by atoms with Gasteiger partial charge in [0.25, 0.3) is 5.69 Å². The molecule has 4 aromatic rings. The number of carbonyl (C=O) groups excluding carboxylic acids is 1. The second-order valence-electron chi connectivity index (χ2n) is 6.16. The number of imidazole rings is 1. The quantitative estimate of drug-likeness (QED) is 0.325. The van der Waals surface area contributed by atoms with Crippen LogP contribution in [-0.4, -0.2) is 20.2 Å². The van der Waals surface area contributed by atoms with Crippen LogP contribution >= 0.6 is 34.5 Å². The first kappa shape index (κ1) is 19.4. The Morgan fingerprint density at radius 2 is 1.97 bits per heavy atom. The van der Waals surface area contributed by atoms with E-state index >= 15 is 0 Å². The van der Waals surface area contributed by atoms with Gasteiger partial charge in [0.2, 0.25) is 5.91 Å². The fourth-order valence-electron chi connectivity index (χ4n) is 2.82. The average Bonchev–Trinajstić information content (AvgIpc) is 3.26. The Balaban J connectivity index is 1.53. The van der Waals surface area contributed by atoms with Crippen molar-refractivity contribution in [2.24, 2.45) is 0 Å². The highest BCUT2D eigenvalue weighted by Crippen LogP contribution is 2.28. The monoisotopic (exact) mass is 446 g/mol. The zero-order chi connectivity index (χ0) is 20.5. The van der Waals surface area contributed by atoms with E-state index in [1.165, 1.54) is 29.5 Å². The van der Waals surface area contributed by atoms with Gasteiger partial charge in [0.05, 0.1) is 17.0 Å². The van der Waals surface area contributed by atoms with Gasteiger partial charge >= 0.3 is 0 Å². The Morgan fingerprint density at radius 1 is 1.21 bits per heavy atom. The van der Waals surface area contributed by atoms with Crippen molar-refractivity contribution >= 4 is 56.8 Å². The lowest BCUT2D eigenvalue weighted by Crippen LogP contribution is -2.15. The molecule has 1 amide bonds. The third-order valence-electron chi connectivity index (χ3n) is 4.19. The first-order chi connectivity index (χ1) is 13.9. The second kappa shape index (κ2) is 7.82. The molecule has 0 atom stereocenters. The van der Waals surface area contributed by atoms with Gasteiger partial charge in [0.1, 0.15) is 5.02 Å². The van der Waals surface area contributed by atoms with Crippen molar-refractivity contribution in [1.29, 1.82) is 0 Å². The Bertz CT molecular complexity index is 1230. The van der Waals surface area contributed by atoms with Crippen molar-refractivity contribution < 1.29 is 9.72 Å². The Labute approximate surface area is 178 Å². The van der Waals surface area contributed by atoms with Crippen LogP contribution in [0, 0.1) is 10.1 Å². The van der Waals surface area contributed by atoms with Crippen LogP contribution in [0.4, 0.5) is 11.4 Å². The molecule has 7 nitrogen and oxygen atoms in total. The number of nitrogens with one attached hydrogen (secondary N) is 1. The van der Waals surface area contributed by atoms with E-state index in [0.717, 1.165) is 21.9 Å². The number of nitrogens with zero attached hydrogens (tertiary/aromatic N) is 3. The molecule has 0 radical (unpaired) electrons. The molecular weight excluding hydrogens is 435 g/mol. The molecule has 0 saturated heterocycles. The van der Waals surface area contributed by atoms with Crippen LogP contribution in [0.2, 0.25) is 10.0 Å². The molecule has 0 aliphatic heterocycles. The van der Waals surface area contributed by atoms with Crippen LogP contribution < -0.4 is 5.32 Å². The van der Waals surface area contributed by atoms with E-state index in [0.29, 0.717) is 10.7 Å². The third-order valence-corrected chi connectivity index (χ3v) is 5.65. The maximum Gasteiger partial charge on any atom is 0.289 e. The molecule has 10 heteroatoms. The van der Waals surface area contributed by atoms with Gasteiger partial charge in [-0.25, -0.2) is 4.98 Å². The molecular formula is C19H12Cl2N4O3S. The molecule has 0 bridgehead atoms. The van der Waals surface area contributed by atoms with Gasteiger partial charge < -0.3 is 5.32 Å². The fraction of sp³-hybridized carbons (Fsp3) is 0.0526. The van der Waals surface area contributed by atoms with Crippen molar-refractivity contribution in [2.75, 3.05) is 5.32 Å². The molecule has 0 spiro atoms. The molecule has 0 saturated carbocycles. The standard InChI is InChI=1S/C19H12Cl2N4O3S/c20-12-3-1-11(2-4-12)16-9-24-14(10-29-19(24)23-16)8-18(26)22-13-5-6-15(21)17(7-13)25(27)28/h1-7,9-10H,8H2,(H,22,26). The summed E-state index contributed by atoms with van der Waals surface area (Å²) in [6.45, 7) is 0. The summed E-state index contributed by atoms with van der Waals surface area (Å²) in [6.07, 6.45) is 1.96. The fourth-order valence-corrected chi connectivity index (χ4v) is 4.00. The Morgan fingerprint density at radius 3 is 2.69 bits per heavy atom. The first-order valence-corrected chi connectivity index (χ1v) is 9.99. The number of benzene rings is 2. The zero-order valence-corrected chi connectivity index (χ0v) is 17.0. The number of amides is 1. The van der Waals surface area contributed by atoms with Crippen molar-refractivity contribution in [3.63, 3.8) is 0 Å². The van der Waals surface area contributed by atoms with Crippen LogP contribution in [0.5, 0.6) is 0 Å². The minimum absolute atomic E-state index is 0.0145. The molecule has 0 aliphatic rings. The third kappa shape index (κ3) is 4.09. The van der Waals surface area contributed by atoms with Gasteiger partial charge in [-0.3, -0.25) is 19.3 Å². The smallest absolute Gasteiger partial charge is 0.289 e. The van der Waals surface area contributed by atoms with E-state index < -0.39 is 4.92 Å². The van der Waals surface area contributed by atoms with Crippen LogP contribution in [0.1, 0.15) is 5.69 Å². The summed E-state index contributed by atoms with van der Waals surface area (Å²) >= 11 is 13.2. The number of carbonyl (C=O) groups is 1. The highest BCUT2D eigenvalue weighted by molar-refractivity contribution is 7.15. The summed E-state index contributed by atoms with van der Waals surface area (Å²) in [5, 5.41) is 16.2. The Kier molecular flexibility index (Phi) is 5.23. The molecule has 29 heavy (non-hydrogen) atoms. The topological polar surface area (TPSA) is 89.5 Å². The van der Waals surface area contributed by atoms with Gasteiger partial charge in [-0.15, -0.1) is 11.3 Å². The van der Waals surface area contributed by atoms with E-state index in [1.807, 2.05) is 28.1 Å². The lowest BCUT2D eigenvalue weighted by Gasteiger charge is -2.05. The number of nitro benzene ring substituents is 1. The summed E-state index contributed by atoms with van der Waals surface area (Å²) in [4.78, 5) is 28.2. The van der Waals surface area contributed by atoms with E-state index in [-0.39, 0.29) is 23.0 Å². The second-order valence-corrected chi connectivity index (χ2v) is 7.84. The highest BCUT2D eigenvalue weighted by atomic mass is 35.5. The Hall–Kier alpha value is -2.94. The normalized spacial score (nSPS) is 11.0. The average molecular weight is 447 g/mol. The minimum atomic E-state index is -0.593. The van der Waals surface area contributed by atoms with Crippen molar-refractivity contribution in [2.45, 2.75) is 6.42 Å². The number of thiazole rings is 1. The SMILES string of the molecule is O=C(Cc1csc2nc(-c3ccc(Cl)cc3)cn12)Nc1ccc(Cl)c([N+](=O)[O-])c1. The molecule has 146 valence electrons. The molecule has 2 heterocycles. The maximum atomic E-state index is 12.4. The van der Waals surface area contributed by atoms with Crippen molar-refractivity contribution in [3.8, 4) is 11.3 Å². The van der Waals surface area contributed by atoms with Gasteiger partial charge in [-0.05, 0) is 24.3 Å². The number of rotatable bonds is 5. The number of hydrogen-bond donors (Lipinski definition) is 1. The first-order valence-electron chi connectivity index (χ1n) is 8.36. The lowest BCUT2D eigenvalue weighted by molar-refractivity contribution is -0.384. The van der Waals surface area contributed by atoms with Crippen LogP contribution in [0.15, 0.2) is 54.0 Å². The van der Waals surface area contributed by atoms with E-state index in [9.17, 15) is 14.9 Å². The van der Waals surface area contributed by atoms with Crippen molar-refractivity contribution in [1.82, 2.24) is 9.38 Å². The largest absolute Gasteiger partial charge is 0.325 e. The van der Waals surface area contributed by atoms with Gasteiger partial charge in [-0.2, -0.15) is 0 Å². The summed E-state index contributed by atoms with van der Waals surface area (Å²) in [7, 11) is 0. The van der Waals surface area contributed by atoms with Crippen LogP contribution in [0.25, 0.3) is 16.2 Å². The summed E-state index contributed by atoms with van der Waals surface area (Å²) < 4.78 is 1.86. The number of fused-ring (bicyclic) bond motifs is 1. The van der Waals surface area contributed by atoms with E-state index in [4.69, 9.17) is 23.2 Å². The number of halogens is 2. The summed E-state index contributed by atoms with van der Waals surface area (Å²) in [5.74, 6) is -0.303. The molecule has 2 aromatic heterocycles. The van der Waals surface area contributed by atoms with Gasteiger partial charge in [0.15, 0.2) is 4.96 Å². The zero-order valence-electron chi connectivity index (χ0n) is 14.6. The van der Waals surface area contributed by atoms with E-state index in [1.54, 1.807) is 12.1 Å². The number of nitro groups is 1. The van der Waals surface area contributed by atoms with Gasteiger partial charge in [-0.1, -0.05) is 35.3 Å². The minimum Gasteiger partial charge on any atom is -0.325 e. The number of aromatic nitrogens is 2. The van der Waals surface area contributed by atoms with Crippen LogP contribution in [0.3, 0.4) is 0 Å². The summed E-state index contributed by atoms with van der Waals surface area (Å²) in [5.41, 5.74) is 2.52. The van der Waals surface area contributed by atoms with Gasteiger partial charge in [0, 0.05) is 39.6 Å². The lowest BCUT2D eigenvalue weighted by atomic mass is 10.2. The maximum absolute atomic E-state index is 12.4. The number of hydrogen-bond acceptors (Lipinski definition) is 5. The highest BCUT2D eigenvalue weighted by Gasteiger charge is 2.16. The van der Waals surface area contributed by atoms with Crippen LogP contribution in [-0.2, 0) is 11.2 Å². The summed E-state index contributed by atoms with van der Waals surface area (Å²) in [6, 6.07) is 11.5. The van der Waals surface area contributed by atoms with E-state index in [2.05, 4.69) is 10.3 Å². The molecule has 0 unspecified atom stereocenters. The predicted octanol–water partition coefficient (Wildman–Crippen LogP) is 5.46. The predicted molar refractivity (Wildman–Crippen MR) is 114 cm³/mol. The molecule has 4 rings (SSSR count).